The molecule has 0 spiro atoms. The number of nitro benzene ring substituents is 1. The van der Waals surface area contributed by atoms with E-state index in [0.29, 0.717) is 36.0 Å². The van der Waals surface area contributed by atoms with E-state index in [2.05, 4.69) is 4.98 Å². The highest BCUT2D eigenvalue weighted by Crippen LogP contribution is 2.33. The molecule has 0 aliphatic rings. The number of likely N-dealkylation sites (N-methyl/N-ethyl adjacent to an activating group) is 1. The van der Waals surface area contributed by atoms with Crippen molar-refractivity contribution in [3.63, 3.8) is 0 Å². The maximum Gasteiger partial charge on any atom is 0.273 e. The van der Waals surface area contributed by atoms with E-state index in [1.54, 1.807) is 17.9 Å². The summed E-state index contributed by atoms with van der Waals surface area (Å²) in [6.07, 6.45) is 0. The summed E-state index contributed by atoms with van der Waals surface area (Å²) in [5.41, 5.74) is 1.36. The van der Waals surface area contributed by atoms with Crippen LogP contribution in [0.5, 0.6) is 5.75 Å². The Kier molecular flexibility index (Phi) is 6.63. The van der Waals surface area contributed by atoms with Crippen molar-refractivity contribution in [1.82, 2.24) is 9.88 Å². The van der Waals surface area contributed by atoms with Gasteiger partial charge in [0, 0.05) is 30.3 Å². The Morgan fingerprint density at radius 1 is 1.23 bits per heavy atom. The van der Waals surface area contributed by atoms with E-state index in [1.165, 1.54) is 23.5 Å². The van der Waals surface area contributed by atoms with E-state index in [4.69, 9.17) is 4.74 Å². The first kappa shape index (κ1) is 21.7. The molecule has 0 atom stereocenters. The lowest BCUT2D eigenvalue weighted by molar-refractivity contribution is -0.385. The second-order valence-corrected chi connectivity index (χ2v) is 8.03. The fourth-order valence-electron chi connectivity index (χ4n) is 3.05. The van der Waals surface area contributed by atoms with E-state index in [0.717, 1.165) is 16.0 Å². The molecule has 0 saturated carbocycles. The van der Waals surface area contributed by atoms with E-state index < -0.39 is 4.92 Å². The number of nitrogens with zero attached hydrogens (tertiary/aromatic N) is 4. The van der Waals surface area contributed by atoms with Crippen molar-refractivity contribution in [2.45, 2.75) is 13.8 Å². The Morgan fingerprint density at radius 2 is 2.00 bits per heavy atom. The SMILES string of the molecule is CCOc1ccc2nc(N(CCN(C)C)C(=O)c3cccc([N+](=O)[O-])c3C)sc2c1. The number of ether oxygens (including phenoxy) is 1. The number of nitro groups is 1. The van der Waals surface area contributed by atoms with Gasteiger partial charge in [0.05, 0.1) is 21.7 Å². The van der Waals surface area contributed by atoms with Gasteiger partial charge in [-0.25, -0.2) is 4.98 Å². The number of thiazole rings is 1. The van der Waals surface area contributed by atoms with Gasteiger partial charge >= 0.3 is 0 Å². The molecule has 0 unspecified atom stereocenters. The third-order valence-electron chi connectivity index (χ3n) is 4.64. The monoisotopic (exact) mass is 428 g/mol. The number of fused-ring (bicyclic) bond motifs is 1. The summed E-state index contributed by atoms with van der Waals surface area (Å²) in [5.74, 6) is 0.447. The van der Waals surface area contributed by atoms with Gasteiger partial charge in [0.25, 0.3) is 11.6 Å². The molecular weight excluding hydrogens is 404 g/mol. The van der Waals surface area contributed by atoms with Gasteiger partial charge in [0.15, 0.2) is 5.13 Å². The average Bonchev–Trinajstić information content (AvgIpc) is 3.11. The Labute approximate surface area is 178 Å². The van der Waals surface area contributed by atoms with Crippen molar-refractivity contribution in [3.05, 3.63) is 57.6 Å². The molecule has 30 heavy (non-hydrogen) atoms. The van der Waals surface area contributed by atoms with Crippen molar-refractivity contribution >= 4 is 38.3 Å². The van der Waals surface area contributed by atoms with Crippen LogP contribution < -0.4 is 9.64 Å². The highest BCUT2D eigenvalue weighted by Gasteiger charge is 2.25. The van der Waals surface area contributed by atoms with E-state index in [9.17, 15) is 14.9 Å². The number of anilines is 1. The van der Waals surface area contributed by atoms with Crippen molar-refractivity contribution in [2.24, 2.45) is 0 Å². The highest BCUT2D eigenvalue weighted by molar-refractivity contribution is 7.22. The summed E-state index contributed by atoms with van der Waals surface area (Å²) < 4.78 is 6.47. The van der Waals surface area contributed by atoms with Crippen molar-refractivity contribution in [2.75, 3.05) is 38.7 Å². The number of aromatic nitrogens is 1. The number of benzene rings is 2. The molecule has 158 valence electrons. The molecule has 0 radical (unpaired) electrons. The predicted octanol–water partition coefficient (Wildman–Crippen LogP) is 4.12. The first-order valence-electron chi connectivity index (χ1n) is 9.55. The Balaban J connectivity index is 2.03. The second kappa shape index (κ2) is 9.19. The van der Waals surface area contributed by atoms with Gasteiger partial charge in [-0.3, -0.25) is 19.8 Å². The zero-order valence-corrected chi connectivity index (χ0v) is 18.2. The van der Waals surface area contributed by atoms with Gasteiger partial charge in [-0.15, -0.1) is 0 Å². The molecule has 3 aromatic rings. The van der Waals surface area contributed by atoms with E-state index >= 15 is 0 Å². The minimum absolute atomic E-state index is 0.0703. The molecule has 9 heteroatoms. The third kappa shape index (κ3) is 4.58. The summed E-state index contributed by atoms with van der Waals surface area (Å²) in [4.78, 5) is 32.5. The van der Waals surface area contributed by atoms with Crippen LogP contribution in [0.3, 0.4) is 0 Å². The molecule has 3 rings (SSSR count). The summed E-state index contributed by atoms with van der Waals surface area (Å²) >= 11 is 1.40. The minimum atomic E-state index is -0.469. The van der Waals surface area contributed by atoms with Gasteiger partial charge in [-0.05, 0) is 52.2 Å². The molecule has 1 aromatic heterocycles. The Hall–Kier alpha value is -3.04. The lowest BCUT2D eigenvalue weighted by atomic mass is 10.1. The van der Waals surface area contributed by atoms with Crippen LogP contribution in [-0.2, 0) is 0 Å². The topological polar surface area (TPSA) is 88.8 Å². The standard InChI is InChI=1S/C21H24N4O4S/c1-5-29-15-9-10-17-19(13-15)30-21(22-17)24(12-11-23(3)4)20(26)16-7-6-8-18(14(16)2)25(27)28/h6-10,13H,5,11-12H2,1-4H3. The molecule has 0 saturated heterocycles. The molecular formula is C21H24N4O4S. The molecule has 0 N–H and O–H groups in total. The number of hydrogen-bond acceptors (Lipinski definition) is 7. The largest absolute Gasteiger partial charge is 0.494 e. The fraction of sp³-hybridized carbons (Fsp3) is 0.333. The maximum atomic E-state index is 13.4. The van der Waals surface area contributed by atoms with Crippen LogP contribution >= 0.6 is 11.3 Å². The first-order chi connectivity index (χ1) is 14.3. The zero-order valence-electron chi connectivity index (χ0n) is 17.4. The first-order valence-corrected chi connectivity index (χ1v) is 10.4. The maximum absolute atomic E-state index is 13.4. The molecule has 1 amide bonds. The highest BCUT2D eigenvalue weighted by atomic mass is 32.1. The van der Waals surface area contributed by atoms with Crippen LogP contribution in [-0.4, -0.2) is 54.5 Å². The van der Waals surface area contributed by atoms with Crippen molar-refractivity contribution in [1.29, 1.82) is 0 Å². The van der Waals surface area contributed by atoms with Gasteiger partial charge < -0.3 is 9.64 Å². The molecule has 0 bridgehead atoms. The van der Waals surface area contributed by atoms with Crippen LogP contribution in [0.25, 0.3) is 10.2 Å². The lowest BCUT2D eigenvalue weighted by Crippen LogP contribution is -2.37. The van der Waals surface area contributed by atoms with Gasteiger partial charge in [-0.1, -0.05) is 17.4 Å². The lowest BCUT2D eigenvalue weighted by Gasteiger charge is -2.22. The number of carbonyl (C=O) groups excluding carboxylic acids is 1. The van der Waals surface area contributed by atoms with Crippen LogP contribution in [0, 0.1) is 17.0 Å². The molecule has 0 aliphatic heterocycles. The molecule has 8 nitrogen and oxygen atoms in total. The van der Waals surface area contributed by atoms with Gasteiger partial charge in [0.2, 0.25) is 0 Å². The smallest absolute Gasteiger partial charge is 0.273 e. The van der Waals surface area contributed by atoms with Crippen molar-refractivity contribution < 1.29 is 14.5 Å². The minimum Gasteiger partial charge on any atom is -0.494 e. The van der Waals surface area contributed by atoms with Crippen LogP contribution in [0.15, 0.2) is 36.4 Å². The predicted molar refractivity (Wildman–Crippen MR) is 119 cm³/mol. The summed E-state index contributed by atoms with van der Waals surface area (Å²) in [5, 5.41) is 11.9. The Bertz CT molecular complexity index is 1080. The quantitative estimate of drug-likeness (QED) is 0.396. The molecule has 1 heterocycles. The summed E-state index contributed by atoms with van der Waals surface area (Å²) in [6.45, 7) is 5.12. The van der Waals surface area contributed by atoms with Crippen LogP contribution in [0.1, 0.15) is 22.8 Å². The average molecular weight is 429 g/mol. The molecule has 2 aromatic carbocycles. The zero-order chi connectivity index (χ0) is 21.8. The van der Waals surface area contributed by atoms with E-state index in [-0.39, 0.29) is 11.6 Å². The van der Waals surface area contributed by atoms with Crippen molar-refractivity contribution in [3.8, 4) is 5.75 Å². The number of rotatable bonds is 8. The summed E-state index contributed by atoms with van der Waals surface area (Å²) in [6, 6.07) is 10.2. The number of hydrogen-bond donors (Lipinski definition) is 0. The van der Waals surface area contributed by atoms with Crippen LogP contribution in [0.4, 0.5) is 10.8 Å². The fourth-order valence-corrected chi connectivity index (χ4v) is 4.07. The number of carbonyl (C=O) groups is 1. The summed E-state index contributed by atoms with van der Waals surface area (Å²) in [7, 11) is 3.85. The van der Waals surface area contributed by atoms with Crippen LogP contribution in [0.2, 0.25) is 0 Å². The normalized spacial score (nSPS) is 11.1. The third-order valence-corrected chi connectivity index (χ3v) is 5.68. The molecule has 0 aliphatic carbocycles. The second-order valence-electron chi connectivity index (χ2n) is 7.03. The number of amides is 1. The van der Waals surface area contributed by atoms with E-state index in [1.807, 2.05) is 44.1 Å². The molecule has 0 fully saturated rings. The van der Waals surface area contributed by atoms with Gasteiger partial charge in [-0.2, -0.15) is 0 Å². The Morgan fingerprint density at radius 3 is 2.67 bits per heavy atom. The van der Waals surface area contributed by atoms with Gasteiger partial charge in [0.1, 0.15) is 5.75 Å².